The van der Waals surface area contributed by atoms with Crippen molar-refractivity contribution in [3.8, 4) is 0 Å². The minimum Gasteiger partial charge on any atom is -0.466 e. The molecule has 5 heteroatoms. The number of hydrogen-bond donors (Lipinski definition) is 0. The topological polar surface area (TPSA) is 52.6 Å². The van der Waals surface area contributed by atoms with Crippen molar-refractivity contribution in [2.24, 2.45) is 17.8 Å². The number of esters is 2. The molecule has 1 saturated carbocycles. The lowest BCUT2D eigenvalue weighted by Gasteiger charge is -2.36. The fourth-order valence-electron chi connectivity index (χ4n) is 5.25. The van der Waals surface area contributed by atoms with Gasteiger partial charge < -0.3 is 9.47 Å². The quantitative estimate of drug-likeness (QED) is 0.440. The summed E-state index contributed by atoms with van der Waals surface area (Å²) < 4.78 is 11.2. The van der Waals surface area contributed by atoms with Gasteiger partial charge in [-0.2, -0.15) is 0 Å². The molecular weight excluding hydrogens is 356 g/mol. The summed E-state index contributed by atoms with van der Waals surface area (Å²) in [5.41, 5.74) is -0.350. The maximum absolute atomic E-state index is 12.8. The number of carbonyl (C=O) groups excluding carboxylic acids is 2. The third-order valence-electron chi connectivity index (χ3n) is 6.47. The standard InChI is InChI=1S/C22H30O4Si/c1-6-25-21(24)17-14-22(3,26-15(2)23)18-12-13-19(20(17)18)27(4,5)16-10-8-7-9-11-16/h7-13,17-20H,6,14H2,1-5H3/t17?,18?,19-,20-,22?/m0/s1. The van der Waals surface area contributed by atoms with Crippen molar-refractivity contribution in [3.05, 3.63) is 42.5 Å². The van der Waals surface area contributed by atoms with Gasteiger partial charge in [0.2, 0.25) is 0 Å². The SMILES string of the molecule is CCOC(=O)C1CC(C)(OC(C)=O)C2C=C[C@H]([Si](C)(C)c3ccccc3)[C@@H]12. The molecule has 0 amide bonds. The Morgan fingerprint density at radius 3 is 2.44 bits per heavy atom. The van der Waals surface area contributed by atoms with Crippen molar-refractivity contribution in [1.82, 2.24) is 0 Å². The second-order valence-corrected chi connectivity index (χ2v) is 13.3. The third-order valence-corrected chi connectivity index (χ3v) is 10.5. The molecule has 1 fully saturated rings. The molecular formula is C22H30O4Si. The molecule has 2 aliphatic carbocycles. The summed E-state index contributed by atoms with van der Waals surface area (Å²) >= 11 is 0. The second kappa shape index (κ2) is 7.27. The Balaban J connectivity index is 1.98. The summed E-state index contributed by atoms with van der Waals surface area (Å²) in [6.45, 7) is 10.3. The first kappa shape index (κ1) is 19.9. The molecule has 1 aromatic carbocycles. The van der Waals surface area contributed by atoms with E-state index in [1.54, 1.807) is 0 Å². The van der Waals surface area contributed by atoms with Crippen LogP contribution >= 0.6 is 0 Å². The highest BCUT2D eigenvalue weighted by Crippen LogP contribution is 2.58. The highest BCUT2D eigenvalue weighted by molar-refractivity contribution is 6.91. The molecule has 3 unspecified atom stereocenters. The maximum atomic E-state index is 12.8. The minimum absolute atomic E-state index is 0.0521. The van der Waals surface area contributed by atoms with Gasteiger partial charge in [-0.15, -0.1) is 0 Å². The van der Waals surface area contributed by atoms with Crippen LogP contribution in [0.3, 0.4) is 0 Å². The molecule has 1 aromatic rings. The van der Waals surface area contributed by atoms with E-state index in [0.717, 1.165) is 0 Å². The number of allylic oxidation sites excluding steroid dienone is 1. The molecule has 0 bridgehead atoms. The van der Waals surface area contributed by atoms with Crippen molar-refractivity contribution < 1.29 is 19.1 Å². The fourth-order valence-corrected chi connectivity index (χ4v) is 8.68. The Bertz CT molecular complexity index is 742. The number of benzene rings is 1. The zero-order chi connectivity index (χ0) is 19.8. The van der Waals surface area contributed by atoms with Crippen molar-refractivity contribution >= 4 is 25.2 Å². The van der Waals surface area contributed by atoms with Gasteiger partial charge in [0.25, 0.3) is 0 Å². The van der Waals surface area contributed by atoms with Crippen molar-refractivity contribution in [3.63, 3.8) is 0 Å². The van der Waals surface area contributed by atoms with Crippen LogP contribution in [-0.2, 0) is 19.1 Å². The van der Waals surface area contributed by atoms with E-state index in [0.29, 0.717) is 18.6 Å². The van der Waals surface area contributed by atoms with Gasteiger partial charge in [-0.1, -0.05) is 60.8 Å². The monoisotopic (exact) mass is 386 g/mol. The normalized spacial score (nSPS) is 32.2. The van der Waals surface area contributed by atoms with Gasteiger partial charge in [-0.05, 0) is 25.3 Å². The fraction of sp³-hybridized carbons (Fsp3) is 0.545. The molecule has 0 saturated heterocycles. The van der Waals surface area contributed by atoms with Crippen LogP contribution in [0.25, 0.3) is 0 Å². The van der Waals surface area contributed by atoms with E-state index in [2.05, 4.69) is 49.5 Å². The number of carbonyl (C=O) groups is 2. The van der Waals surface area contributed by atoms with Crippen LogP contribution < -0.4 is 5.19 Å². The Hall–Kier alpha value is -1.88. The smallest absolute Gasteiger partial charge is 0.309 e. The molecule has 4 nitrogen and oxygen atoms in total. The van der Waals surface area contributed by atoms with Gasteiger partial charge in [0, 0.05) is 19.3 Å². The summed E-state index contributed by atoms with van der Waals surface area (Å²) in [7, 11) is -1.88. The Morgan fingerprint density at radius 2 is 1.85 bits per heavy atom. The van der Waals surface area contributed by atoms with Crippen LogP contribution in [0.4, 0.5) is 0 Å². The molecule has 0 aromatic heterocycles. The summed E-state index contributed by atoms with van der Waals surface area (Å²) in [5, 5.41) is 1.38. The Morgan fingerprint density at radius 1 is 1.19 bits per heavy atom. The summed E-state index contributed by atoms with van der Waals surface area (Å²) in [4.78, 5) is 24.5. The predicted molar refractivity (Wildman–Crippen MR) is 108 cm³/mol. The van der Waals surface area contributed by atoms with Crippen molar-refractivity contribution in [2.75, 3.05) is 6.61 Å². The average Bonchev–Trinajstić information content (AvgIpc) is 3.16. The lowest BCUT2D eigenvalue weighted by atomic mass is 9.88. The van der Waals surface area contributed by atoms with E-state index in [9.17, 15) is 9.59 Å². The molecule has 0 heterocycles. The maximum Gasteiger partial charge on any atom is 0.309 e. The van der Waals surface area contributed by atoms with Gasteiger partial charge in [0.1, 0.15) is 5.60 Å². The molecule has 0 aliphatic heterocycles. The minimum atomic E-state index is -1.88. The second-order valence-electron chi connectivity index (χ2n) is 8.57. The zero-order valence-corrected chi connectivity index (χ0v) is 17.9. The first-order valence-corrected chi connectivity index (χ1v) is 12.9. The average molecular weight is 387 g/mol. The lowest BCUT2D eigenvalue weighted by molar-refractivity contribution is -0.159. The van der Waals surface area contributed by atoms with E-state index < -0.39 is 13.7 Å². The number of ether oxygens (including phenoxy) is 2. The molecule has 0 spiro atoms. The number of hydrogen-bond acceptors (Lipinski definition) is 4. The van der Waals surface area contributed by atoms with Crippen LogP contribution in [0.15, 0.2) is 42.5 Å². The van der Waals surface area contributed by atoms with Gasteiger partial charge in [-0.25, -0.2) is 0 Å². The molecule has 146 valence electrons. The molecule has 2 aliphatic rings. The molecule has 5 atom stereocenters. The van der Waals surface area contributed by atoms with E-state index in [1.807, 2.05) is 19.9 Å². The first-order valence-electron chi connectivity index (χ1n) is 9.80. The highest BCUT2D eigenvalue weighted by Gasteiger charge is 2.61. The van der Waals surface area contributed by atoms with Crippen LogP contribution in [0.1, 0.15) is 27.2 Å². The molecule has 27 heavy (non-hydrogen) atoms. The predicted octanol–water partition coefficient (Wildman–Crippen LogP) is 3.68. The van der Waals surface area contributed by atoms with Crippen LogP contribution in [0.5, 0.6) is 0 Å². The zero-order valence-electron chi connectivity index (χ0n) is 16.9. The van der Waals surface area contributed by atoms with E-state index in [-0.39, 0.29) is 29.7 Å². The van der Waals surface area contributed by atoms with Gasteiger partial charge in [0.15, 0.2) is 0 Å². The van der Waals surface area contributed by atoms with Gasteiger partial charge in [0.05, 0.1) is 20.6 Å². The largest absolute Gasteiger partial charge is 0.466 e. The summed E-state index contributed by atoms with van der Waals surface area (Å²) in [5.74, 6) is -0.520. The molecule has 0 N–H and O–H groups in total. The first-order chi connectivity index (χ1) is 12.7. The highest BCUT2D eigenvalue weighted by atomic mass is 28.3. The number of rotatable bonds is 5. The third kappa shape index (κ3) is 3.49. The van der Waals surface area contributed by atoms with Crippen molar-refractivity contribution in [1.29, 1.82) is 0 Å². The van der Waals surface area contributed by atoms with E-state index in [4.69, 9.17) is 9.47 Å². The van der Waals surface area contributed by atoms with Crippen LogP contribution in [0, 0.1) is 17.8 Å². The Labute approximate surface area is 163 Å². The van der Waals surface area contributed by atoms with Crippen LogP contribution in [0.2, 0.25) is 18.6 Å². The van der Waals surface area contributed by atoms with Crippen molar-refractivity contribution in [2.45, 2.75) is 51.4 Å². The van der Waals surface area contributed by atoms with E-state index in [1.165, 1.54) is 12.1 Å². The lowest BCUT2D eigenvalue weighted by Crippen LogP contribution is -2.49. The summed E-state index contributed by atoms with van der Waals surface area (Å²) in [6, 6.07) is 10.6. The number of fused-ring (bicyclic) bond motifs is 1. The summed E-state index contributed by atoms with van der Waals surface area (Å²) in [6.07, 6.45) is 5.00. The molecule has 3 rings (SSSR count). The Kier molecular flexibility index (Phi) is 5.35. The van der Waals surface area contributed by atoms with Gasteiger partial charge >= 0.3 is 11.9 Å². The van der Waals surface area contributed by atoms with Crippen LogP contribution in [-0.4, -0.2) is 32.2 Å². The van der Waals surface area contributed by atoms with E-state index >= 15 is 0 Å². The molecule has 0 radical (unpaired) electrons. The van der Waals surface area contributed by atoms with Gasteiger partial charge in [-0.3, -0.25) is 9.59 Å².